The van der Waals surface area contributed by atoms with Crippen molar-refractivity contribution in [3.63, 3.8) is 0 Å². The molecular formula is C23H34N2O5. The van der Waals surface area contributed by atoms with Gasteiger partial charge in [-0.3, -0.25) is 9.59 Å². The van der Waals surface area contributed by atoms with Gasteiger partial charge in [0.05, 0.1) is 19.3 Å². The third-order valence-corrected chi connectivity index (χ3v) is 6.17. The Bertz CT molecular complexity index is 738. The zero-order valence-electron chi connectivity index (χ0n) is 17.9. The van der Waals surface area contributed by atoms with Gasteiger partial charge in [-0.1, -0.05) is 0 Å². The van der Waals surface area contributed by atoms with Crippen LogP contribution >= 0.6 is 0 Å². The predicted molar refractivity (Wildman–Crippen MR) is 115 cm³/mol. The maximum atomic E-state index is 12.7. The Kier molecular flexibility index (Phi) is 8.10. The SMILES string of the molecule is CN1C(=O)CCc2cc(OCCCCC(=O)N(CCO)C3CCCC(O)C3)ccc21. The number of fused-ring (bicyclic) bond motifs is 1. The number of anilines is 1. The van der Waals surface area contributed by atoms with E-state index >= 15 is 0 Å². The summed E-state index contributed by atoms with van der Waals surface area (Å²) in [4.78, 5) is 27.9. The van der Waals surface area contributed by atoms with Crippen molar-refractivity contribution in [2.45, 2.75) is 69.9 Å². The molecule has 3 rings (SSSR count). The zero-order chi connectivity index (χ0) is 21.5. The van der Waals surface area contributed by atoms with Gasteiger partial charge in [0.2, 0.25) is 11.8 Å². The van der Waals surface area contributed by atoms with Gasteiger partial charge in [0.15, 0.2) is 0 Å². The van der Waals surface area contributed by atoms with Crippen molar-refractivity contribution in [1.82, 2.24) is 4.90 Å². The van der Waals surface area contributed by atoms with Crippen LogP contribution in [0.25, 0.3) is 0 Å². The highest BCUT2D eigenvalue weighted by molar-refractivity contribution is 5.95. The second-order valence-electron chi connectivity index (χ2n) is 8.33. The predicted octanol–water partition coefficient (Wildman–Crippen LogP) is 2.27. The van der Waals surface area contributed by atoms with Crippen LogP contribution in [-0.4, -0.2) is 65.9 Å². The fourth-order valence-electron chi connectivity index (χ4n) is 4.48. The van der Waals surface area contributed by atoms with Crippen molar-refractivity contribution in [3.8, 4) is 5.75 Å². The van der Waals surface area contributed by atoms with Crippen molar-refractivity contribution in [2.75, 3.05) is 31.7 Å². The highest BCUT2D eigenvalue weighted by Gasteiger charge is 2.28. The second-order valence-corrected chi connectivity index (χ2v) is 8.33. The van der Waals surface area contributed by atoms with Crippen molar-refractivity contribution in [3.05, 3.63) is 23.8 Å². The van der Waals surface area contributed by atoms with Crippen molar-refractivity contribution >= 4 is 17.5 Å². The van der Waals surface area contributed by atoms with E-state index < -0.39 is 0 Å². The summed E-state index contributed by atoms with van der Waals surface area (Å²) >= 11 is 0. The summed E-state index contributed by atoms with van der Waals surface area (Å²) in [6, 6.07) is 5.85. The third-order valence-electron chi connectivity index (χ3n) is 6.17. The maximum Gasteiger partial charge on any atom is 0.227 e. The van der Waals surface area contributed by atoms with Gasteiger partial charge >= 0.3 is 0 Å². The van der Waals surface area contributed by atoms with Crippen molar-refractivity contribution in [2.24, 2.45) is 0 Å². The molecule has 0 bridgehead atoms. The number of hydrogen-bond donors (Lipinski definition) is 2. The third kappa shape index (κ3) is 5.73. The van der Waals surface area contributed by atoms with Crippen LogP contribution in [0.4, 0.5) is 5.69 Å². The fraction of sp³-hybridized carbons (Fsp3) is 0.652. The maximum absolute atomic E-state index is 12.7. The number of aryl methyl sites for hydroxylation is 1. The molecule has 7 heteroatoms. The van der Waals surface area contributed by atoms with Gasteiger partial charge in [-0.15, -0.1) is 0 Å². The Morgan fingerprint density at radius 1 is 1.27 bits per heavy atom. The Morgan fingerprint density at radius 2 is 2.10 bits per heavy atom. The van der Waals surface area contributed by atoms with Crippen LogP contribution < -0.4 is 9.64 Å². The lowest BCUT2D eigenvalue weighted by Crippen LogP contribution is -2.45. The van der Waals surface area contributed by atoms with Gasteiger partial charge in [0.1, 0.15) is 5.75 Å². The Morgan fingerprint density at radius 3 is 2.87 bits per heavy atom. The first-order chi connectivity index (χ1) is 14.5. The molecule has 1 aliphatic heterocycles. The molecule has 1 aliphatic carbocycles. The molecule has 1 aromatic rings. The number of aliphatic hydroxyl groups is 2. The van der Waals surface area contributed by atoms with Gasteiger partial charge in [-0.05, 0) is 68.7 Å². The lowest BCUT2D eigenvalue weighted by molar-refractivity contribution is -0.135. The van der Waals surface area contributed by atoms with E-state index in [0.717, 1.165) is 55.5 Å². The Balaban J connectivity index is 1.42. The van der Waals surface area contributed by atoms with Crippen LogP contribution in [-0.2, 0) is 16.0 Å². The molecule has 0 aromatic heterocycles. The first kappa shape index (κ1) is 22.6. The summed E-state index contributed by atoms with van der Waals surface area (Å²) in [7, 11) is 1.80. The number of benzene rings is 1. The van der Waals surface area contributed by atoms with E-state index in [4.69, 9.17) is 4.74 Å². The van der Waals surface area contributed by atoms with Gasteiger partial charge in [-0.2, -0.15) is 0 Å². The zero-order valence-corrected chi connectivity index (χ0v) is 17.9. The molecule has 30 heavy (non-hydrogen) atoms. The van der Waals surface area contributed by atoms with Crippen LogP contribution in [0.3, 0.4) is 0 Å². The van der Waals surface area contributed by atoms with Crippen molar-refractivity contribution in [1.29, 1.82) is 0 Å². The van der Waals surface area contributed by atoms with Gasteiger partial charge in [0.25, 0.3) is 0 Å². The highest BCUT2D eigenvalue weighted by atomic mass is 16.5. The molecule has 2 N–H and O–H groups in total. The number of nitrogens with zero attached hydrogens (tertiary/aromatic N) is 2. The van der Waals surface area contributed by atoms with E-state index in [1.807, 2.05) is 18.2 Å². The van der Waals surface area contributed by atoms with Crippen LogP contribution in [0, 0.1) is 0 Å². The molecule has 1 saturated carbocycles. The average molecular weight is 419 g/mol. The molecule has 0 saturated heterocycles. The molecule has 2 atom stereocenters. The minimum absolute atomic E-state index is 0.0326. The Labute approximate surface area is 178 Å². The Hall–Kier alpha value is -2.12. The normalized spacial score (nSPS) is 21.3. The molecule has 2 amide bonds. The van der Waals surface area contributed by atoms with E-state index in [2.05, 4.69) is 0 Å². The summed E-state index contributed by atoms with van der Waals surface area (Å²) in [5.74, 6) is 0.976. The molecule has 166 valence electrons. The number of rotatable bonds is 9. The molecule has 7 nitrogen and oxygen atoms in total. The average Bonchev–Trinajstić information content (AvgIpc) is 2.74. The first-order valence-corrected chi connectivity index (χ1v) is 11.1. The second kappa shape index (κ2) is 10.8. The van der Waals surface area contributed by atoms with Crippen LogP contribution in [0.1, 0.15) is 56.9 Å². The molecule has 0 radical (unpaired) electrons. The molecule has 2 unspecified atom stereocenters. The summed E-state index contributed by atoms with van der Waals surface area (Å²) in [5, 5.41) is 19.2. The number of ether oxygens (including phenoxy) is 1. The van der Waals surface area contributed by atoms with E-state index in [0.29, 0.717) is 32.4 Å². The number of aliphatic hydroxyl groups excluding tert-OH is 2. The van der Waals surface area contributed by atoms with Gasteiger partial charge in [0, 0.05) is 38.2 Å². The largest absolute Gasteiger partial charge is 0.494 e. The monoisotopic (exact) mass is 418 g/mol. The van der Waals surface area contributed by atoms with Crippen LogP contribution in [0.2, 0.25) is 0 Å². The van der Waals surface area contributed by atoms with Crippen molar-refractivity contribution < 1.29 is 24.5 Å². The first-order valence-electron chi connectivity index (χ1n) is 11.1. The van der Waals surface area contributed by atoms with E-state index in [1.54, 1.807) is 16.8 Å². The molecular weight excluding hydrogens is 384 g/mol. The van der Waals surface area contributed by atoms with Gasteiger partial charge < -0.3 is 24.7 Å². The number of unbranched alkanes of at least 4 members (excludes halogenated alkanes) is 1. The van der Waals surface area contributed by atoms with E-state index in [1.165, 1.54) is 0 Å². The van der Waals surface area contributed by atoms with Crippen LogP contribution in [0.5, 0.6) is 5.75 Å². The number of hydrogen-bond acceptors (Lipinski definition) is 5. The molecule has 1 heterocycles. The molecule has 0 spiro atoms. The van der Waals surface area contributed by atoms with Gasteiger partial charge in [-0.25, -0.2) is 0 Å². The van der Waals surface area contributed by atoms with E-state index in [9.17, 15) is 19.8 Å². The lowest BCUT2D eigenvalue weighted by Gasteiger charge is -2.36. The smallest absolute Gasteiger partial charge is 0.227 e. The summed E-state index contributed by atoms with van der Waals surface area (Å²) in [5.41, 5.74) is 2.07. The fourth-order valence-corrected chi connectivity index (χ4v) is 4.48. The minimum atomic E-state index is -0.347. The standard InChI is InChI=1S/C23H34N2O5/c1-24-21-10-9-20(15-17(21)8-11-22(24)28)30-14-3-2-7-23(29)25(12-13-26)18-5-4-6-19(27)16-18/h9-10,15,18-19,26-27H,2-8,11-14,16H2,1H3. The summed E-state index contributed by atoms with van der Waals surface area (Å²) in [6.45, 7) is 0.808. The molecule has 1 aromatic carbocycles. The summed E-state index contributed by atoms with van der Waals surface area (Å²) < 4.78 is 5.85. The minimum Gasteiger partial charge on any atom is -0.494 e. The topological polar surface area (TPSA) is 90.3 Å². The number of carbonyl (C=O) groups is 2. The lowest BCUT2D eigenvalue weighted by atomic mass is 9.91. The quantitative estimate of drug-likeness (QED) is 0.601. The van der Waals surface area contributed by atoms with Crippen LogP contribution in [0.15, 0.2) is 18.2 Å². The molecule has 2 aliphatic rings. The number of amides is 2. The molecule has 1 fully saturated rings. The summed E-state index contributed by atoms with van der Waals surface area (Å²) in [6.07, 6.45) is 6.04. The van der Waals surface area contributed by atoms with E-state index in [-0.39, 0.29) is 30.6 Å². The highest BCUT2D eigenvalue weighted by Crippen LogP contribution is 2.30. The number of carbonyl (C=O) groups excluding carboxylic acids is 2.